The fourth-order valence-corrected chi connectivity index (χ4v) is 2.64. The third-order valence-electron chi connectivity index (χ3n) is 3.87. The number of piperazine rings is 1. The summed E-state index contributed by atoms with van der Waals surface area (Å²) in [5, 5.41) is 0. The third-order valence-corrected chi connectivity index (χ3v) is 3.87. The molecule has 4 nitrogen and oxygen atoms in total. The fraction of sp³-hybridized carbons (Fsp3) is 0.625. The van der Waals surface area contributed by atoms with Crippen LogP contribution in [0.1, 0.15) is 12.8 Å². The maximum Gasteiger partial charge on any atom is 0.250 e. The molecule has 111 valence electrons. The van der Waals surface area contributed by atoms with Crippen LogP contribution in [-0.2, 0) is 4.79 Å². The number of amides is 1. The molecule has 1 aliphatic heterocycles. The van der Waals surface area contributed by atoms with Gasteiger partial charge in [-0.1, -0.05) is 18.2 Å². The van der Waals surface area contributed by atoms with E-state index in [2.05, 4.69) is 30.0 Å². The van der Waals surface area contributed by atoms with Gasteiger partial charge in [-0.05, 0) is 40.0 Å². The van der Waals surface area contributed by atoms with Crippen LogP contribution < -0.4 is 0 Å². The number of carbonyl (C=O) groups is 1. The Hall–Kier alpha value is -1.13. The second kappa shape index (κ2) is 7.60. The smallest absolute Gasteiger partial charge is 0.250 e. The van der Waals surface area contributed by atoms with Gasteiger partial charge >= 0.3 is 0 Å². The number of rotatable bonds is 5. The van der Waals surface area contributed by atoms with Gasteiger partial charge in [-0.25, -0.2) is 0 Å². The van der Waals surface area contributed by atoms with E-state index in [9.17, 15) is 4.79 Å². The number of hydrogen-bond acceptors (Lipinski definition) is 3. The molecule has 0 bridgehead atoms. The van der Waals surface area contributed by atoms with Crippen molar-refractivity contribution in [1.82, 2.24) is 14.7 Å². The van der Waals surface area contributed by atoms with Gasteiger partial charge in [-0.2, -0.15) is 0 Å². The van der Waals surface area contributed by atoms with E-state index in [1.807, 2.05) is 23.5 Å². The van der Waals surface area contributed by atoms with Crippen molar-refractivity contribution in [2.75, 3.05) is 53.4 Å². The average molecular weight is 276 g/mol. The Bertz CT molecular complexity index is 379. The van der Waals surface area contributed by atoms with Crippen molar-refractivity contribution in [2.45, 2.75) is 12.8 Å². The van der Waals surface area contributed by atoms with E-state index < -0.39 is 0 Å². The van der Waals surface area contributed by atoms with E-state index in [1.165, 1.54) is 6.42 Å². The molecule has 0 saturated carbocycles. The highest BCUT2D eigenvalue weighted by atomic mass is 16.2. The normalized spacial score (nSPS) is 20.4. The van der Waals surface area contributed by atoms with Crippen molar-refractivity contribution in [3.63, 3.8) is 0 Å². The van der Waals surface area contributed by atoms with E-state index in [1.54, 1.807) is 0 Å². The molecule has 0 aromatic rings. The SMILES string of the molecule is CN(C)CCCN1CCN(C(=O)C2=CC=CC[CH]2)CC1. The van der Waals surface area contributed by atoms with Gasteiger partial charge < -0.3 is 9.80 Å². The summed E-state index contributed by atoms with van der Waals surface area (Å²) in [6.45, 7) is 5.99. The van der Waals surface area contributed by atoms with Gasteiger partial charge in [-0.15, -0.1) is 0 Å². The molecule has 20 heavy (non-hydrogen) atoms. The Morgan fingerprint density at radius 3 is 2.60 bits per heavy atom. The summed E-state index contributed by atoms with van der Waals surface area (Å²) < 4.78 is 0. The highest BCUT2D eigenvalue weighted by Gasteiger charge is 2.23. The summed E-state index contributed by atoms with van der Waals surface area (Å²) in [4.78, 5) is 19.0. The monoisotopic (exact) mass is 276 g/mol. The van der Waals surface area contributed by atoms with Crippen molar-refractivity contribution in [3.05, 3.63) is 30.2 Å². The first kappa shape index (κ1) is 15.3. The predicted molar refractivity (Wildman–Crippen MR) is 82.3 cm³/mol. The predicted octanol–water partition coefficient (Wildman–Crippen LogP) is 1.17. The van der Waals surface area contributed by atoms with Gasteiger partial charge in [0.25, 0.3) is 0 Å². The van der Waals surface area contributed by atoms with Crippen LogP contribution in [0.5, 0.6) is 0 Å². The Labute approximate surface area is 122 Å². The summed E-state index contributed by atoms with van der Waals surface area (Å²) in [7, 11) is 4.22. The first-order chi connectivity index (χ1) is 9.66. The van der Waals surface area contributed by atoms with Crippen LogP contribution in [-0.4, -0.2) is 74.0 Å². The van der Waals surface area contributed by atoms with Crippen molar-refractivity contribution >= 4 is 5.91 Å². The Balaban J connectivity index is 1.72. The lowest BCUT2D eigenvalue weighted by molar-refractivity contribution is -0.128. The van der Waals surface area contributed by atoms with Crippen LogP contribution in [0.25, 0.3) is 0 Å². The standard InChI is InChI=1S/C16H26N3O/c1-17(2)9-6-10-18-11-13-19(14-12-18)16(20)15-7-4-3-5-8-15/h3-4,7-8H,5-6,9-14H2,1-2H3. The molecule has 2 rings (SSSR count). The number of nitrogens with zero attached hydrogens (tertiary/aromatic N) is 3. The van der Waals surface area contributed by atoms with E-state index in [0.29, 0.717) is 0 Å². The zero-order valence-electron chi connectivity index (χ0n) is 12.7. The van der Waals surface area contributed by atoms with Gasteiger partial charge in [0.1, 0.15) is 0 Å². The third kappa shape index (κ3) is 4.46. The Morgan fingerprint density at radius 2 is 2.00 bits per heavy atom. The van der Waals surface area contributed by atoms with Crippen LogP contribution in [0.15, 0.2) is 23.8 Å². The highest BCUT2D eigenvalue weighted by Crippen LogP contribution is 2.15. The molecular weight excluding hydrogens is 250 g/mol. The van der Waals surface area contributed by atoms with Crippen LogP contribution in [0.4, 0.5) is 0 Å². The molecule has 1 amide bonds. The van der Waals surface area contributed by atoms with Crippen LogP contribution in [0.3, 0.4) is 0 Å². The molecule has 1 saturated heterocycles. The van der Waals surface area contributed by atoms with Crippen molar-refractivity contribution < 1.29 is 4.79 Å². The maximum absolute atomic E-state index is 12.3. The minimum Gasteiger partial charge on any atom is -0.336 e. The van der Waals surface area contributed by atoms with E-state index in [-0.39, 0.29) is 5.91 Å². The van der Waals surface area contributed by atoms with Gasteiger partial charge in [0, 0.05) is 38.2 Å². The van der Waals surface area contributed by atoms with Crippen LogP contribution in [0.2, 0.25) is 0 Å². The molecule has 0 atom stereocenters. The summed E-state index contributed by atoms with van der Waals surface area (Å²) in [6.07, 6.45) is 10.1. The average Bonchev–Trinajstić information content (AvgIpc) is 2.48. The quantitative estimate of drug-likeness (QED) is 0.754. The minimum atomic E-state index is 0.197. The second-order valence-corrected chi connectivity index (χ2v) is 5.78. The lowest BCUT2D eigenvalue weighted by Crippen LogP contribution is -2.49. The first-order valence-corrected chi connectivity index (χ1v) is 7.53. The van der Waals surface area contributed by atoms with E-state index >= 15 is 0 Å². The number of carbonyl (C=O) groups excluding carboxylic acids is 1. The fourth-order valence-electron chi connectivity index (χ4n) is 2.64. The summed E-state index contributed by atoms with van der Waals surface area (Å²) in [6, 6.07) is 0. The van der Waals surface area contributed by atoms with E-state index in [4.69, 9.17) is 0 Å². The Kier molecular flexibility index (Phi) is 5.80. The van der Waals surface area contributed by atoms with Crippen molar-refractivity contribution in [2.24, 2.45) is 0 Å². The molecule has 0 spiro atoms. The zero-order chi connectivity index (χ0) is 14.4. The van der Waals surface area contributed by atoms with Crippen molar-refractivity contribution in [1.29, 1.82) is 0 Å². The molecule has 0 aromatic heterocycles. The number of allylic oxidation sites excluding steroid dienone is 3. The molecular formula is C16H26N3O. The van der Waals surface area contributed by atoms with Crippen LogP contribution >= 0.6 is 0 Å². The molecule has 4 heteroatoms. The first-order valence-electron chi connectivity index (χ1n) is 7.53. The molecule has 1 radical (unpaired) electrons. The molecule has 0 N–H and O–H groups in total. The molecule has 0 aromatic carbocycles. The minimum absolute atomic E-state index is 0.197. The second-order valence-electron chi connectivity index (χ2n) is 5.78. The molecule has 0 unspecified atom stereocenters. The highest BCUT2D eigenvalue weighted by molar-refractivity contribution is 5.96. The maximum atomic E-state index is 12.3. The van der Waals surface area contributed by atoms with E-state index in [0.717, 1.165) is 51.3 Å². The molecule has 1 heterocycles. The van der Waals surface area contributed by atoms with Crippen LogP contribution in [0, 0.1) is 6.42 Å². The van der Waals surface area contributed by atoms with Gasteiger partial charge in [0.2, 0.25) is 5.91 Å². The molecule has 1 fully saturated rings. The van der Waals surface area contributed by atoms with Gasteiger partial charge in [-0.3, -0.25) is 9.69 Å². The summed E-state index contributed by atoms with van der Waals surface area (Å²) in [5.74, 6) is 0.197. The van der Waals surface area contributed by atoms with Crippen molar-refractivity contribution in [3.8, 4) is 0 Å². The Morgan fingerprint density at radius 1 is 1.25 bits per heavy atom. The zero-order valence-corrected chi connectivity index (χ0v) is 12.7. The summed E-state index contributed by atoms with van der Waals surface area (Å²) in [5.41, 5.74) is 0.855. The lowest BCUT2D eigenvalue weighted by atomic mass is 10.0. The summed E-state index contributed by atoms with van der Waals surface area (Å²) >= 11 is 0. The molecule has 1 aliphatic carbocycles. The topological polar surface area (TPSA) is 26.8 Å². The largest absolute Gasteiger partial charge is 0.336 e. The van der Waals surface area contributed by atoms with Gasteiger partial charge in [0.05, 0.1) is 0 Å². The number of hydrogen-bond donors (Lipinski definition) is 0. The molecule has 2 aliphatic rings. The lowest BCUT2D eigenvalue weighted by Gasteiger charge is -2.35. The van der Waals surface area contributed by atoms with Gasteiger partial charge in [0.15, 0.2) is 0 Å².